The molecule has 0 aliphatic rings. The van der Waals surface area contributed by atoms with E-state index in [0.717, 1.165) is 11.1 Å². The lowest BCUT2D eigenvalue weighted by atomic mass is 10.0. The van der Waals surface area contributed by atoms with Gasteiger partial charge in [0.25, 0.3) is 0 Å². The third kappa shape index (κ3) is 7.32. The number of carbonyl (C=O) groups is 1. The Morgan fingerprint density at radius 2 is 1.64 bits per heavy atom. The van der Waals surface area contributed by atoms with E-state index in [0.29, 0.717) is 24.4 Å². The van der Waals surface area contributed by atoms with Gasteiger partial charge < -0.3 is 10.1 Å². The molecule has 0 saturated heterocycles. The van der Waals surface area contributed by atoms with Crippen molar-refractivity contribution in [1.29, 1.82) is 0 Å². The van der Waals surface area contributed by atoms with Crippen molar-refractivity contribution in [2.45, 2.75) is 12.8 Å². The number of amides is 1. The van der Waals surface area contributed by atoms with E-state index < -0.39 is 10.0 Å². The lowest BCUT2D eigenvalue weighted by molar-refractivity contribution is -0.121. The summed E-state index contributed by atoms with van der Waals surface area (Å²) >= 11 is 0. The summed E-state index contributed by atoms with van der Waals surface area (Å²) in [4.78, 5) is 12.2. The van der Waals surface area contributed by atoms with E-state index in [1.807, 2.05) is 42.5 Å². The van der Waals surface area contributed by atoms with Crippen LogP contribution in [0.2, 0.25) is 0 Å². The molecule has 0 atom stereocenters. The van der Waals surface area contributed by atoms with Gasteiger partial charge in [-0.3, -0.25) is 9.10 Å². The summed E-state index contributed by atoms with van der Waals surface area (Å²) in [6.07, 6.45) is 1.71. The molecule has 3 rings (SSSR count). The largest absolute Gasteiger partial charge is 0.492 e. The van der Waals surface area contributed by atoms with Crippen molar-refractivity contribution in [3.63, 3.8) is 0 Å². The van der Waals surface area contributed by atoms with Gasteiger partial charge in [0.1, 0.15) is 18.2 Å². The Kier molecular flexibility index (Phi) is 8.43. The van der Waals surface area contributed by atoms with Crippen LogP contribution in [0.5, 0.6) is 5.75 Å². The van der Waals surface area contributed by atoms with E-state index in [2.05, 4.69) is 5.32 Å². The Morgan fingerprint density at radius 3 is 2.33 bits per heavy atom. The molecule has 0 saturated carbocycles. The van der Waals surface area contributed by atoms with Crippen LogP contribution in [0.15, 0.2) is 78.9 Å². The molecule has 0 fully saturated rings. The summed E-state index contributed by atoms with van der Waals surface area (Å²) in [7, 11) is -3.55. The number of sulfonamides is 1. The minimum absolute atomic E-state index is 0.177. The molecule has 1 N–H and O–H groups in total. The highest BCUT2D eigenvalue weighted by Crippen LogP contribution is 2.32. The predicted octanol–water partition coefficient (Wildman–Crippen LogP) is 4.23. The number of anilines is 1. The molecule has 33 heavy (non-hydrogen) atoms. The first-order chi connectivity index (χ1) is 15.8. The molecule has 0 spiro atoms. The molecule has 0 aromatic heterocycles. The van der Waals surface area contributed by atoms with Crippen LogP contribution in [-0.2, 0) is 14.8 Å². The van der Waals surface area contributed by atoms with Gasteiger partial charge >= 0.3 is 0 Å². The molecule has 3 aromatic rings. The summed E-state index contributed by atoms with van der Waals surface area (Å²) in [6.45, 7) is 0.725. The van der Waals surface area contributed by atoms with Gasteiger partial charge in [0.05, 0.1) is 18.5 Å². The maximum Gasteiger partial charge on any atom is 0.232 e. The zero-order valence-electron chi connectivity index (χ0n) is 18.4. The number of hydrogen-bond donors (Lipinski definition) is 1. The zero-order valence-corrected chi connectivity index (χ0v) is 19.2. The number of nitrogens with one attached hydrogen (secondary N) is 1. The smallest absolute Gasteiger partial charge is 0.232 e. The molecule has 0 aliphatic heterocycles. The Bertz CT molecular complexity index is 1150. The number of nitrogens with zero attached hydrogens (tertiary/aromatic N) is 1. The maximum absolute atomic E-state index is 12.9. The van der Waals surface area contributed by atoms with E-state index in [9.17, 15) is 17.6 Å². The number of carbonyl (C=O) groups excluding carboxylic acids is 1. The molecule has 0 radical (unpaired) electrons. The Balaban J connectivity index is 1.54. The van der Waals surface area contributed by atoms with Crippen molar-refractivity contribution in [2.24, 2.45) is 0 Å². The van der Waals surface area contributed by atoms with Crippen LogP contribution in [0.3, 0.4) is 0 Å². The van der Waals surface area contributed by atoms with Crippen LogP contribution in [0, 0.1) is 5.82 Å². The standard InChI is InChI=1S/C25H27FN2O4S/c1-33(30,31)28(24-11-6-5-10-23(24)20-8-3-2-4-9-20)18-7-12-25(29)27-17-19-32-22-15-13-21(26)14-16-22/h2-6,8-11,13-16H,7,12,17-19H2,1H3,(H,27,29). The van der Waals surface area contributed by atoms with Crippen molar-refractivity contribution in [1.82, 2.24) is 5.32 Å². The fourth-order valence-corrected chi connectivity index (χ4v) is 4.36. The second kappa shape index (κ2) is 11.5. The monoisotopic (exact) mass is 470 g/mol. The van der Waals surface area contributed by atoms with E-state index in [1.165, 1.54) is 34.8 Å². The van der Waals surface area contributed by atoms with Gasteiger partial charge in [-0.25, -0.2) is 12.8 Å². The SMILES string of the molecule is CS(=O)(=O)N(CCCC(=O)NCCOc1ccc(F)cc1)c1ccccc1-c1ccccc1. The highest BCUT2D eigenvalue weighted by molar-refractivity contribution is 7.92. The molecule has 0 heterocycles. The summed E-state index contributed by atoms with van der Waals surface area (Å²) in [5, 5.41) is 2.75. The van der Waals surface area contributed by atoms with Crippen LogP contribution in [0.25, 0.3) is 11.1 Å². The molecule has 6 nitrogen and oxygen atoms in total. The van der Waals surface area contributed by atoms with E-state index >= 15 is 0 Å². The third-order valence-electron chi connectivity index (χ3n) is 4.93. The number of ether oxygens (including phenoxy) is 1. The van der Waals surface area contributed by atoms with Gasteiger partial charge in [0.15, 0.2) is 0 Å². The average molecular weight is 471 g/mol. The minimum atomic E-state index is -3.55. The average Bonchev–Trinajstić information content (AvgIpc) is 2.80. The lowest BCUT2D eigenvalue weighted by Crippen LogP contribution is -2.33. The van der Waals surface area contributed by atoms with Crippen molar-refractivity contribution >= 4 is 21.6 Å². The number of para-hydroxylation sites is 1. The van der Waals surface area contributed by atoms with Crippen molar-refractivity contribution in [2.75, 3.05) is 30.3 Å². The topological polar surface area (TPSA) is 75.7 Å². The molecule has 3 aromatic carbocycles. The Hall–Kier alpha value is -3.39. The summed E-state index contributed by atoms with van der Waals surface area (Å²) in [5.41, 5.74) is 2.31. The summed E-state index contributed by atoms with van der Waals surface area (Å²) < 4.78 is 44.8. The molecule has 174 valence electrons. The molecule has 1 amide bonds. The van der Waals surface area contributed by atoms with Gasteiger partial charge in [0.2, 0.25) is 15.9 Å². The number of hydrogen-bond acceptors (Lipinski definition) is 4. The highest BCUT2D eigenvalue weighted by atomic mass is 32.2. The quantitative estimate of drug-likeness (QED) is 0.426. The van der Waals surface area contributed by atoms with E-state index in [1.54, 1.807) is 12.1 Å². The summed E-state index contributed by atoms with van der Waals surface area (Å²) in [6, 6.07) is 22.5. The lowest BCUT2D eigenvalue weighted by Gasteiger charge is -2.25. The van der Waals surface area contributed by atoms with Crippen LogP contribution in [-0.4, -0.2) is 40.3 Å². The zero-order chi connectivity index (χ0) is 23.7. The maximum atomic E-state index is 12.9. The van der Waals surface area contributed by atoms with Crippen molar-refractivity contribution < 1.29 is 22.3 Å². The number of benzene rings is 3. The van der Waals surface area contributed by atoms with Gasteiger partial charge in [-0.15, -0.1) is 0 Å². The van der Waals surface area contributed by atoms with E-state index in [4.69, 9.17) is 4.74 Å². The second-order valence-corrected chi connectivity index (χ2v) is 9.38. The van der Waals surface area contributed by atoms with Gasteiger partial charge in [-0.05, 0) is 42.3 Å². The van der Waals surface area contributed by atoms with E-state index in [-0.39, 0.29) is 31.3 Å². The highest BCUT2D eigenvalue weighted by Gasteiger charge is 2.20. The normalized spacial score (nSPS) is 11.1. The van der Waals surface area contributed by atoms with Crippen LogP contribution in [0.1, 0.15) is 12.8 Å². The van der Waals surface area contributed by atoms with Gasteiger partial charge in [-0.2, -0.15) is 0 Å². The Morgan fingerprint density at radius 1 is 0.970 bits per heavy atom. The van der Waals surface area contributed by atoms with Gasteiger partial charge in [-0.1, -0.05) is 48.5 Å². The fourth-order valence-electron chi connectivity index (χ4n) is 3.38. The Labute approximate surface area is 194 Å². The van der Waals surface area contributed by atoms with Gasteiger partial charge in [0, 0.05) is 18.5 Å². The number of halogens is 1. The molecular weight excluding hydrogens is 443 g/mol. The van der Waals surface area contributed by atoms with Crippen LogP contribution in [0.4, 0.5) is 10.1 Å². The molecule has 0 unspecified atom stereocenters. The number of rotatable bonds is 11. The second-order valence-electron chi connectivity index (χ2n) is 7.47. The predicted molar refractivity (Wildman–Crippen MR) is 128 cm³/mol. The van der Waals surface area contributed by atoms with Crippen LogP contribution >= 0.6 is 0 Å². The third-order valence-corrected chi connectivity index (χ3v) is 6.11. The first-order valence-electron chi connectivity index (χ1n) is 10.6. The molecule has 0 bridgehead atoms. The molecular formula is C25H27FN2O4S. The van der Waals surface area contributed by atoms with Crippen molar-refractivity contribution in [3.05, 3.63) is 84.7 Å². The summed E-state index contributed by atoms with van der Waals surface area (Å²) in [5.74, 6) is -0.0146. The van der Waals surface area contributed by atoms with Crippen LogP contribution < -0.4 is 14.4 Å². The first kappa shape index (κ1) is 24.3. The fraction of sp³-hybridized carbons (Fsp3) is 0.240. The molecule has 8 heteroatoms. The first-order valence-corrected chi connectivity index (χ1v) is 12.5. The van der Waals surface area contributed by atoms with Crippen molar-refractivity contribution in [3.8, 4) is 16.9 Å². The minimum Gasteiger partial charge on any atom is -0.492 e. The molecule has 0 aliphatic carbocycles.